The Bertz CT molecular complexity index is 1580. The van der Waals surface area contributed by atoms with Crippen LogP contribution in [0.15, 0.2) is 76.2 Å². The third-order valence-electron chi connectivity index (χ3n) is 5.59. The van der Waals surface area contributed by atoms with Crippen LogP contribution in [-0.2, 0) is 0 Å². The van der Waals surface area contributed by atoms with Gasteiger partial charge in [-0.3, -0.25) is 9.36 Å². The quantitative estimate of drug-likeness (QED) is 0.316. The first-order chi connectivity index (χ1) is 17.0. The van der Waals surface area contributed by atoms with Crippen molar-refractivity contribution in [1.29, 1.82) is 0 Å². The second-order valence-electron chi connectivity index (χ2n) is 7.58. The average Bonchev–Trinajstić information content (AvgIpc) is 3.38. The third kappa shape index (κ3) is 3.98. The summed E-state index contributed by atoms with van der Waals surface area (Å²) in [4.78, 5) is 17.9. The maximum absolute atomic E-state index is 13.3. The molecule has 2 aromatic heterocycles. The molecule has 0 amide bonds. The molecule has 0 fully saturated rings. The average molecular weight is 490 g/mol. The topological polar surface area (TPSA) is 88.6 Å². The molecule has 5 aromatic rings. The van der Waals surface area contributed by atoms with E-state index in [1.165, 1.54) is 25.9 Å². The van der Waals surface area contributed by atoms with Gasteiger partial charge in [0.05, 0.1) is 32.6 Å². The van der Waals surface area contributed by atoms with Gasteiger partial charge in [-0.05, 0) is 36.4 Å². The summed E-state index contributed by atoms with van der Waals surface area (Å²) < 4.78 is 23.4. The first-order valence-corrected chi connectivity index (χ1v) is 11.0. The van der Waals surface area contributed by atoms with E-state index in [0.29, 0.717) is 55.7 Å². The maximum atomic E-state index is 13.3. The highest BCUT2D eigenvalue weighted by Crippen LogP contribution is 2.41. The maximum Gasteiger partial charge on any atom is 0.262 e. The van der Waals surface area contributed by atoms with E-state index in [2.05, 4.69) is 10.1 Å². The Balaban J connectivity index is 1.69. The van der Waals surface area contributed by atoms with Gasteiger partial charge in [0.1, 0.15) is 0 Å². The van der Waals surface area contributed by atoms with Crippen LogP contribution >= 0.6 is 11.6 Å². The van der Waals surface area contributed by atoms with Crippen molar-refractivity contribution in [1.82, 2.24) is 14.7 Å². The first kappa shape index (κ1) is 22.5. The van der Waals surface area contributed by atoms with Crippen LogP contribution in [0.2, 0.25) is 5.02 Å². The Kier molecular flexibility index (Phi) is 5.88. The van der Waals surface area contributed by atoms with Crippen molar-refractivity contribution in [2.75, 3.05) is 21.3 Å². The fourth-order valence-corrected chi connectivity index (χ4v) is 4.12. The predicted molar refractivity (Wildman–Crippen MR) is 133 cm³/mol. The van der Waals surface area contributed by atoms with Crippen molar-refractivity contribution in [3.05, 3.63) is 82.2 Å². The van der Waals surface area contributed by atoms with Crippen molar-refractivity contribution in [3.63, 3.8) is 0 Å². The molecule has 0 unspecified atom stereocenters. The Morgan fingerprint density at radius 2 is 1.60 bits per heavy atom. The van der Waals surface area contributed by atoms with E-state index in [1.54, 1.807) is 48.7 Å². The van der Waals surface area contributed by atoms with Gasteiger partial charge >= 0.3 is 0 Å². The lowest BCUT2D eigenvalue weighted by Gasteiger charge is -2.12. The van der Waals surface area contributed by atoms with E-state index in [0.717, 1.165) is 0 Å². The monoisotopic (exact) mass is 489 g/mol. The van der Waals surface area contributed by atoms with Gasteiger partial charge in [0, 0.05) is 27.6 Å². The van der Waals surface area contributed by atoms with E-state index >= 15 is 0 Å². The fourth-order valence-electron chi connectivity index (χ4n) is 3.94. The molecule has 0 aliphatic rings. The molecule has 0 bridgehead atoms. The van der Waals surface area contributed by atoms with Crippen LogP contribution in [0.5, 0.6) is 17.2 Å². The largest absolute Gasteiger partial charge is 0.493 e. The fraction of sp³-hybridized carbons (Fsp3) is 0.115. The van der Waals surface area contributed by atoms with Crippen molar-refractivity contribution >= 4 is 22.4 Å². The van der Waals surface area contributed by atoms with Gasteiger partial charge < -0.3 is 18.7 Å². The van der Waals surface area contributed by atoms with Gasteiger partial charge in [0.2, 0.25) is 11.6 Å². The van der Waals surface area contributed by atoms with Crippen LogP contribution < -0.4 is 19.8 Å². The zero-order valence-corrected chi connectivity index (χ0v) is 19.9. The van der Waals surface area contributed by atoms with E-state index in [1.807, 2.05) is 18.2 Å². The SMILES string of the molecule is COc1cc(-c2noc(-c3cn(-c4cccc(Cl)c4)c(=O)c4ccccc34)n2)cc(OC)c1OC. The molecule has 0 N–H and O–H groups in total. The number of benzene rings is 3. The highest BCUT2D eigenvalue weighted by Gasteiger charge is 2.20. The molecule has 2 heterocycles. The minimum Gasteiger partial charge on any atom is -0.493 e. The number of nitrogens with zero attached hydrogens (tertiary/aromatic N) is 3. The number of aromatic nitrogens is 3. The van der Waals surface area contributed by atoms with Crippen LogP contribution in [0.1, 0.15) is 0 Å². The summed E-state index contributed by atoms with van der Waals surface area (Å²) in [5.41, 5.74) is 1.66. The van der Waals surface area contributed by atoms with Crippen LogP contribution in [0.4, 0.5) is 0 Å². The molecule has 0 saturated heterocycles. The molecule has 0 aliphatic carbocycles. The summed E-state index contributed by atoms with van der Waals surface area (Å²) in [5, 5.41) is 5.89. The van der Waals surface area contributed by atoms with Crippen molar-refractivity contribution in [3.8, 4) is 45.8 Å². The summed E-state index contributed by atoms with van der Waals surface area (Å²) in [6.45, 7) is 0. The van der Waals surface area contributed by atoms with E-state index < -0.39 is 0 Å². The van der Waals surface area contributed by atoms with Crippen LogP contribution in [0.3, 0.4) is 0 Å². The van der Waals surface area contributed by atoms with E-state index in [-0.39, 0.29) is 11.4 Å². The minimum atomic E-state index is -0.184. The molecule has 35 heavy (non-hydrogen) atoms. The molecule has 0 radical (unpaired) electrons. The van der Waals surface area contributed by atoms with Crippen LogP contribution in [0, 0.1) is 0 Å². The zero-order chi connectivity index (χ0) is 24.5. The first-order valence-electron chi connectivity index (χ1n) is 10.6. The molecule has 176 valence electrons. The van der Waals surface area contributed by atoms with Gasteiger partial charge in [-0.25, -0.2) is 0 Å². The lowest BCUT2D eigenvalue weighted by Crippen LogP contribution is -2.18. The number of hydrogen-bond donors (Lipinski definition) is 0. The number of halogens is 1. The lowest BCUT2D eigenvalue weighted by atomic mass is 10.1. The molecular weight excluding hydrogens is 470 g/mol. The normalized spacial score (nSPS) is 11.0. The standard InChI is InChI=1S/C26H20ClN3O5/c1-32-21-11-15(12-22(33-2)23(21)34-3)24-28-25(35-29-24)20-14-30(17-8-6-7-16(27)13-17)26(31)19-10-5-4-9-18(19)20/h4-14H,1-3H3. The molecule has 0 atom stereocenters. The third-order valence-corrected chi connectivity index (χ3v) is 5.83. The second-order valence-corrected chi connectivity index (χ2v) is 8.02. The Morgan fingerprint density at radius 3 is 2.26 bits per heavy atom. The highest BCUT2D eigenvalue weighted by molar-refractivity contribution is 6.30. The Hall–Kier alpha value is -4.30. The van der Waals surface area contributed by atoms with Crippen LogP contribution in [-0.4, -0.2) is 36.0 Å². The number of rotatable bonds is 6. The summed E-state index contributed by atoms with van der Waals surface area (Å²) >= 11 is 6.18. The summed E-state index contributed by atoms with van der Waals surface area (Å²) in [5.74, 6) is 1.97. The van der Waals surface area contributed by atoms with Crippen molar-refractivity contribution in [2.45, 2.75) is 0 Å². The Morgan fingerprint density at radius 1 is 0.886 bits per heavy atom. The molecule has 9 heteroatoms. The highest BCUT2D eigenvalue weighted by atomic mass is 35.5. The van der Waals surface area contributed by atoms with Crippen molar-refractivity contribution in [2.24, 2.45) is 0 Å². The molecule has 0 aliphatic heterocycles. The zero-order valence-electron chi connectivity index (χ0n) is 19.1. The second kappa shape index (κ2) is 9.15. The van der Waals surface area contributed by atoms with Crippen LogP contribution in [0.25, 0.3) is 39.3 Å². The van der Waals surface area contributed by atoms with E-state index in [9.17, 15) is 4.79 Å². The van der Waals surface area contributed by atoms with Gasteiger partial charge in [-0.15, -0.1) is 0 Å². The molecule has 0 saturated carbocycles. The van der Waals surface area contributed by atoms with Gasteiger partial charge in [0.15, 0.2) is 11.5 Å². The molecule has 0 spiro atoms. The van der Waals surface area contributed by atoms with Gasteiger partial charge in [-0.2, -0.15) is 4.98 Å². The Labute approximate surface area is 205 Å². The summed E-state index contributed by atoms with van der Waals surface area (Å²) in [7, 11) is 4.61. The number of fused-ring (bicyclic) bond motifs is 1. The minimum absolute atomic E-state index is 0.184. The number of pyridine rings is 1. The molecule has 3 aromatic carbocycles. The predicted octanol–water partition coefficient (Wildman–Crippen LogP) is 5.39. The summed E-state index contributed by atoms with van der Waals surface area (Å²) in [6, 6.07) is 17.8. The lowest BCUT2D eigenvalue weighted by molar-refractivity contribution is 0.324. The number of ether oxygens (including phenoxy) is 3. The molecule has 8 nitrogen and oxygen atoms in total. The van der Waals surface area contributed by atoms with Gasteiger partial charge in [0.25, 0.3) is 11.4 Å². The number of methoxy groups -OCH3 is 3. The molecule has 5 rings (SSSR count). The summed E-state index contributed by atoms with van der Waals surface area (Å²) in [6.07, 6.45) is 1.68. The van der Waals surface area contributed by atoms with E-state index in [4.69, 9.17) is 30.3 Å². The smallest absolute Gasteiger partial charge is 0.262 e. The molecular formula is C26H20ClN3O5. The van der Waals surface area contributed by atoms with Crippen molar-refractivity contribution < 1.29 is 18.7 Å². The van der Waals surface area contributed by atoms with Gasteiger partial charge in [-0.1, -0.05) is 41.0 Å². The number of hydrogen-bond acceptors (Lipinski definition) is 7.